The Morgan fingerprint density at radius 2 is 1.61 bits per heavy atom. The lowest BCUT2D eigenvalue weighted by molar-refractivity contribution is -0.139. The maximum absolute atomic E-state index is 11.4. The van der Waals surface area contributed by atoms with Crippen molar-refractivity contribution >= 4 is 11.9 Å². The number of ether oxygens (including phenoxy) is 1. The van der Waals surface area contributed by atoms with Gasteiger partial charge in [-0.15, -0.1) is 0 Å². The fourth-order valence-corrected chi connectivity index (χ4v) is 2.28. The monoisotopic (exact) mass is 314 g/mol. The highest BCUT2D eigenvalue weighted by atomic mass is 16.5. The molecule has 1 unspecified atom stereocenters. The lowest BCUT2D eigenvalue weighted by atomic mass is 9.94. The van der Waals surface area contributed by atoms with Gasteiger partial charge in [-0.05, 0) is 42.7 Å². The van der Waals surface area contributed by atoms with Crippen molar-refractivity contribution in [2.24, 2.45) is 0 Å². The largest absolute Gasteiger partial charge is 0.494 e. The second-order valence-electron chi connectivity index (χ2n) is 5.12. The third-order valence-electron chi connectivity index (χ3n) is 3.51. The van der Waals surface area contributed by atoms with Crippen molar-refractivity contribution in [3.8, 4) is 5.75 Å². The molecule has 0 heterocycles. The zero-order valence-corrected chi connectivity index (χ0v) is 12.5. The molecule has 0 saturated carbocycles. The Bertz CT molecular complexity index is 649. The van der Waals surface area contributed by atoms with E-state index < -0.39 is 17.9 Å². The average Bonchev–Trinajstić information content (AvgIpc) is 2.55. The van der Waals surface area contributed by atoms with E-state index in [0.717, 1.165) is 5.75 Å². The van der Waals surface area contributed by atoms with Gasteiger partial charge in [0.2, 0.25) is 0 Å². The molecule has 5 heteroatoms. The molecule has 2 rings (SSSR count). The molecule has 2 aromatic carbocycles. The van der Waals surface area contributed by atoms with Crippen LogP contribution in [0.4, 0.5) is 0 Å². The lowest BCUT2D eigenvalue weighted by Crippen LogP contribution is -2.13. The second-order valence-corrected chi connectivity index (χ2v) is 5.12. The number of carboxylic acids is 2. The fourth-order valence-electron chi connectivity index (χ4n) is 2.28. The molecular weight excluding hydrogens is 296 g/mol. The first-order chi connectivity index (χ1) is 11.1. The van der Waals surface area contributed by atoms with E-state index in [1.165, 1.54) is 12.1 Å². The first-order valence-electron chi connectivity index (χ1n) is 7.32. The Morgan fingerprint density at radius 3 is 2.17 bits per heavy atom. The van der Waals surface area contributed by atoms with Crippen LogP contribution in [0.25, 0.3) is 0 Å². The van der Waals surface area contributed by atoms with Crippen LogP contribution in [0.3, 0.4) is 0 Å². The quantitative estimate of drug-likeness (QED) is 0.729. The van der Waals surface area contributed by atoms with Gasteiger partial charge in [-0.25, -0.2) is 4.79 Å². The van der Waals surface area contributed by atoms with E-state index in [1.54, 1.807) is 12.1 Å². The zero-order chi connectivity index (χ0) is 16.7. The molecule has 0 saturated heterocycles. The Kier molecular flexibility index (Phi) is 5.74. The molecule has 5 nitrogen and oxygen atoms in total. The average molecular weight is 314 g/mol. The minimum Gasteiger partial charge on any atom is -0.494 e. The van der Waals surface area contributed by atoms with Crippen molar-refractivity contribution in [2.75, 3.05) is 6.61 Å². The molecule has 1 atom stereocenters. The molecule has 0 bridgehead atoms. The van der Waals surface area contributed by atoms with Gasteiger partial charge >= 0.3 is 11.9 Å². The normalized spacial score (nSPS) is 11.7. The van der Waals surface area contributed by atoms with Gasteiger partial charge in [0.1, 0.15) is 5.75 Å². The fraction of sp³-hybridized carbons (Fsp3) is 0.222. The van der Waals surface area contributed by atoms with Gasteiger partial charge < -0.3 is 14.9 Å². The maximum atomic E-state index is 11.4. The molecule has 0 aliphatic rings. The molecule has 23 heavy (non-hydrogen) atoms. The number of hydrogen-bond acceptors (Lipinski definition) is 3. The summed E-state index contributed by atoms with van der Waals surface area (Å²) in [6.45, 7) is 0.432. The number of hydrogen-bond donors (Lipinski definition) is 2. The SMILES string of the molecule is O=C(O)c1ccc(C(CCCOc2ccccc2)C(=O)O)cc1. The summed E-state index contributed by atoms with van der Waals surface area (Å²) in [6.07, 6.45) is 1.02. The number of rotatable bonds is 8. The van der Waals surface area contributed by atoms with E-state index in [2.05, 4.69) is 0 Å². The molecular formula is C18H18O5. The summed E-state index contributed by atoms with van der Waals surface area (Å²) in [5, 5.41) is 18.2. The summed E-state index contributed by atoms with van der Waals surface area (Å²) in [5.41, 5.74) is 0.743. The van der Waals surface area contributed by atoms with Crippen LogP contribution < -0.4 is 4.74 Å². The number of para-hydroxylation sites is 1. The van der Waals surface area contributed by atoms with Crippen molar-refractivity contribution in [3.05, 3.63) is 65.7 Å². The van der Waals surface area contributed by atoms with Crippen LogP contribution in [-0.2, 0) is 4.79 Å². The van der Waals surface area contributed by atoms with E-state index in [1.807, 2.05) is 30.3 Å². The van der Waals surface area contributed by atoms with Crippen LogP contribution in [0.15, 0.2) is 54.6 Å². The Morgan fingerprint density at radius 1 is 0.957 bits per heavy atom. The number of carboxylic acid groups (broad SMARTS) is 2. The Balaban J connectivity index is 1.91. The summed E-state index contributed by atoms with van der Waals surface area (Å²) in [4.78, 5) is 22.3. The van der Waals surface area contributed by atoms with Crippen molar-refractivity contribution < 1.29 is 24.5 Å². The van der Waals surface area contributed by atoms with Crippen LogP contribution in [0.2, 0.25) is 0 Å². The number of aliphatic carboxylic acids is 1. The topological polar surface area (TPSA) is 83.8 Å². The highest BCUT2D eigenvalue weighted by Gasteiger charge is 2.19. The lowest BCUT2D eigenvalue weighted by Gasteiger charge is -2.13. The van der Waals surface area contributed by atoms with E-state index in [-0.39, 0.29) is 5.56 Å². The van der Waals surface area contributed by atoms with Crippen LogP contribution in [0, 0.1) is 0 Å². The molecule has 2 aromatic rings. The van der Waals surface area contributed by atoms with Crippen LogP contribution in [0.1, 0.15) is 34.7 Å². The predicted octanol–water partition coefficient (Wildman–Crippen LogP) is 3.41. The van der Waals surface area contributed by atoms with E-state index in [9.17, 15) is 14.7 Å². The van der Waals surface area contributed by atoms with E-state index >= 15 is 0 Å². The predicted molar refractivity (Wildman–Crippen MR) is 84.9 cm³/mol. The highest BCUT2D eigenvalue weighted by Crippen LogP contribution is 2.22. The van der Waals surface area contributed by atoms with Crippen LogP contribution >= 0.6 is 0 Å². The molecule has 0 fully saturated rings. The van der Waals surface area contributed by atoms with Gasteiger partial charge in [-0.3, -0.25) is 4.79 Å². The summed E-state index contributed by atoms with van der Waals surface area (Å²) in [7, 11) is 0. The standard InChI is InChI=1S/C18H18O5/c19-17(20)14-10-8-13(9-11-14)16(18(21)22)7-4-12-23-15-5-2-1-3-6-15/h1-3,5-6,8-11,16H,4,7,12H2,(H,19,20)(H,21,22). The van der Waals surface area contributed by atoms with Gasteiger partial charge in [0.05, 0.1) is 18.1 Å². The van der Waals surface area contributed by atoms with Gasteiger partial charge in [0, 0.05) is 0 Å². The van der Waals surface area contributed by atoms with Crippen molar-refractivity contribution in [1.82, 2.24) is 0 Å². The number of aromatic carboxylic acids is 1. The highest BCUT2D eigenvalue weighted by molar-refractivity contribution is 5.87. The minimum absolute atomic E-state index is 0.144. The molecule has 0 radical (unpaired) electrons. The zero-order valence-electron chi connectivity index (χ0n) is 12.5. The molecule has 0 aromatic heterocycles. The van der Waals surface area contributed by atoms with Crippen molar-refractivity contribution in [3.63, 3.8) is 0 Å². The third-order valence-corrected chi connectivity index (χ3v) is 3.51. The van der Waals surface area contributed by atoms with Crippen LogP contribution in [0.5, 0.6) is 5.75 Å². The van der Waals surface area contributed by atoms with Crippen molar-refractivity contribution in [1.29, 1.82) is 0 Å². The van der Waals surface area contributed by atoms with E-state index in [0.29, 0.717) is 25.0 Å². The molecule has 0 aliphatic heterocycles. The Labute approximate surface area is 134 Å². The van der Waals surface area contributed by atoms with Gasteiger partial charge in [0.15, 0.2) is 0 Å². The first kappa shape index (κ1) is 16.5. The molecule has 0 amide bonds. The maximum Gasteiger partial charge on any atom is 0.335 e. The van der Waals surface area contributed by atoms with Crippen molar-refractivity contribution in [2.45, 2.75) is 18.8 Å². The summed E-state index contributed by atoms with van der Waals surface area (Å²) < 4.78 is 5.55. The summed E-state index contributed by atoms with van der Waals surface area (Å²) in [5.74, 6) is -1.87. The molecule has 120 valence electrons. The minimum atomic E-state index is -1.03. The third kappa shape index (κ3) is 4.85. The first-order valence-corrected chi connectivity index (χ1v) is 7.32. The van der Waals surface area contributed by atoms with E-state index in [4.69, 9.17) is 9.84 Å². The number of benzene rings is 2. The smallest absolute Gasteiger partial charge is 0.335 e. The van der Waals surface area contributed by atoms with Crippen LogP contribution in [-0.4, -0.2) is 28.8 Å². The Hall–Kier alpha value is -2.82. The van der Waals surface area contributed by atoms with Gasteiger partial charge in [0.25, 0.3) is 0 Å². The molecule has 2 N–H and O–H groups in total. The van der Waals surface area contributed by atoms with Gasteiger partial charge in [-0.2, -0.15) is 0 Å². The summed E-state index contributed by atoms with van der Waals surface area (Å²) in [6, 6.07) is 15.3. The molecule has 0 aliphatic carbocycles. The second kappa shape index (κ2) is 7.98. The molecule has 0 spiro atoms. The van der Waals surface area contributed by atoms with Gasteiger partial charge in [-0.1, -0.05) is 30.3 Å². The number of carbonyl (C=O) groups is 2. The summed E-state index contributed by atoms with van der Waals surface area (Å²) >= 11 is 0.